The van der Waals surface area contributed by atoms with Crippen molar-refractivity contribution in [2.24, 2.45) is 0 Å². The smallest absolute Gasteiger partial charge is 0.191 e. The molecule has 0 aliphatic rings. The van der Waals surface area contributed by atoms with E-state index >= 15 is 0 Å². The van der Waals surface area contributed by atoms with Gasteiger partial charge in [-0.25, -0.2) is 0 Å². The van der Waals surface area contributed by atoms with E-state index in [0.29, 0.717) is 0 Å². The van der Waals surface area contributed by atoms with Crippen molar-refractivity contribution in [2.75, 3.05) is 0 Å². The molecule has 0 nitrogen and oxygen atoms in total. The van der Waals surface area contributed by atoms with Crippen LogP contribution in [-0.2, 0) is 11.8 Å². The first-order valence-electron chi connectivity index (χ1n) is 0.352. The Morgan fingerprint density at radius 3 is 1.75 bits per heavy atom. The molecule has 0 rings (SSSR count). The van der Waals surface area contributed by atoms with Crippen molar-refractivity contribution in [3.05, 3.63) is 0 Å². The van der Waals surface area contributed by atoms with Gasteiger partial charge in [-0.1, -0.05) is 0 Å². The summed E-state index contributed by atoms with van der Waals surface area (Å²) in [7, 11) is -0.500. The summed E-state index contributed by atoms with van der Waals surface area (Å²) in [6.07, 6.45) is 0. The summed E-state index contributed by atoms with van der Waals surface area (Å²) in [6.45, 7) is 0. The van der Waals surface area contributed by atoms with Crippen LogP contribution in [-0.4, -0.2) is 0 Å². The van der Waals surface area contributed by atoms with Crippen LogP contribution in [0.2, 0.25) is 0 Å². The molecule has 0 aliphatic carbocycles. The minimum atomic E-state index is -0.500. The third-order valence-corrected chi connectivity index (χ3v) is 0. The summed E-state index contributed by atoms with van der Waals surface area (Å²) in [5.41, 5.74) is 0. The van der Waals surface area contributed by atoms with Crippen LogP contribution in [0.1, 0.15) is 0 Å². The molecular weight excluding hydrogens is 101 g/mol. The molecule has 0 saturated heterocycles. The molecule has 0 radical (unpaired) electrons. The highest BCUT2D eigenvalue weighted by Gasteiger charge is 1.27. The van der Waals surface area contributed by atoms with E-state index in [1.807, 2.05) is 0 Å². The Labute approximate surface area is 29.3 Å². The first kappa shape index (κ1) is 8.83. The molecule has 0 aromatic rings. The Bertz CT molecular complexity index is 13.5. The minimum Gasteiger partial charge on any atom is -0.269 e. The largest absolute Gasteiger partial charge is 0.269 e. The lowest BCUT2D eigenvalue weighted by atomic mass is 18.9. The summed E-state index contributed by atoms with van der Waals surface area (Å²) in [5, 5.41) is 0. The number of hydrogen-bond donors (Lipinski definition) is 0. The van der Waals surface area contributed by atoms with Gasteiger partial charge in [0, 0.05) is 0 Å². The van der Waals surface area contributed by atoms with E-state index in [-0.39, 0.29) is 4.70 Å². The van der Waals surface area contributed by atoms with E-state index in [1.54, 1.807) is 0 Å². The zero-order valence-corrected chi connectivity index (χ0v) is 3.35. The zero-order chi connectivity index (χ0) is 2.71. The quantitative estimate of drug-likeness (QED) is 0.417. The SMILES string of the molecule is F.FP=S. The highest BCUT2D eigenvalue weighted by atomic mass is 32.4. The molecule has 0 aliphatic heterocycles. The fraction of sp³-hybridized carbons (Fsp3) is 0. The number of rotatable bonds is 0. The Morgan fingerprint density at radius 1 is 1.75 bits per heavy atom. The third kappa shape index (κ3) is 31.4. The van der Waals surface area contributed by atoms with Gasteiger partial charge in [0.25, 0.3) is 0 Å². The lowest BCUT2D eigenvalue weighted by Crippen LogP contribution is -0.717. The molecule has 0 unspecified atom stereocenters. The fourth-order valence-electron chi connectivity index (χ4n) is 0. The van der Waals surface area contributed by atoms with Crippen molar-refractivity contribution in [3.8, 4) is 0 Å². The molecule has 0 heterocycles. The maximum atomic E-state index is 10.1. The zero-order valence-electron chi connectivity index (χ0n) is 1.64. The van der Waals surface area contributed by atoms with Gasteiger partial charge < -0.3 is 0 Å². The van der Waals surface area contributed by atoms with Crippen LogP contribution in [0.4, 0.5) is 8.90 Å². The van der Waals surface area contributed by atoms with E-state index in [0.717, 1.165) is 0 Å². The maximum Gasteiger partial charge on any atom is 0.191 e. The maximum absolute atomic E-state index is 10.1. The van der Waals surface area contributed by atoms with E-state index in [1.165, 1.54) is 0 Å². The summed E-state index contributed by atoms with van der Waals surface area (Å²) >= 11 is 3.70. The van der Waals surface area contributed by atoms with Crippen molar-refractivity contribution < 1.29 is 8.90 Å². The Balaban J connectivity index is 0. The average Bonchev–Trinajstić information content (AvgIpc) is 0.918. The van der Waals surface area contributed by atoms with Crippen molar-refractivity contribution in [1.29, 1.82) is 0 Å². The molecule has 4 heteroatoms. The normalized spacial score (nSPS) is 5.25. The summed E-state index contributed by atoms with van der Waals surface area (Å²) in [6, 6.07) is 0. The van der Waals surface area contributed by atoms with Crippen LogP contribution in [0.5, 0.6) is 0 Å². The van der Waals surface area contributed by atoms with Gasteiger partial charge in [-0.3, -0.25) is 4.70 Å². The van der Waals surface area contributed by atoms with Gasteiger partial charge in [-0.15, -0.1) is 0 Å². The van der Waals surface area contributed by atoms with Gasteiger partial charge in [0.1, 0.15) is 0 Å². The van der Waals surface area contributed by atoms with Crippen LogP contribution < -0.4 is 0 Å². The van der Waals surface area contributed by atoms with Crippen LogP contribution in [0.15, 0.2) is 0 Å². The molecule has 26 valence electrons. The van der Waals surface area contributed by atoms with Crippen molar-refractivity contribution in [2.45, 2.75) is 0 Å². The number of hydrogen-bond acceptors (Lipinski definition) is 1. The summed E-state index contributed by atoms with van der Waals surface area (Å²) in [5.74, 6) is 0. The molecule has 0 aromatic carbocycles. The van der Waals surface area contributed by atoms with Gasteiger partial charge in [-0.05, 0) is 11.8 Å². The molecule has 4 heavy (non-hydrogen) atoms. The Hall–Kier alpha value is 0.380. The molecular formula is HF2PS. The molecule has 0 aromatic heterocycles. The van der Waals surface area contributed by atoms with E-state index in [9.17, 15) is 4.20 Å². The predicted octanol–water partition coefficient (Wildman–Crippen LogP) is 1.43. The molecule has 0 amide bonds. The van der Waals surface area contributed by atoms with E-state index < -0.39 is 7.67 Å². The Morgan fingerprint density at radius 2 is 1.75 bits per heavy atom. The third-order valence-electron chi connectivity index (χ3n) is 0. The second kappa shape index (κ2) is 10.1. The lowest BCUT2D eigenvalue weighted by molar-refractivity contribution is 0.939. The molecule has 0 N–H and O–H groups in total. The highest BCUT2D eigenvalue weighted by Crippen LogP contribution is 1.84. The summed E-state index contributed by atoms with van der Waals surface area (Å²) < 4.78 is 10.1. The molecule has 0 saturated carbocycles. The van der Waals surface area contributed by atoms with Gasteiger partial charge in [-0.2, -0.15) is 4.20 Å². The summed E-state index contributed by atoms with van der Waals surface area (Å²) in [4.78, 5) is 0. The predicted molar refractivity (Wildman–Crippen MR) is 17.9 cm³/mol. The van der Waals surface area contributed by atoms with Gasteiger partial charge in [0.15, 0.2) is 7.67 Å². The molecule has 0 fully saturated rings. The van der Waals surface area contributed by atoms with Crippen molar-refractivity contribution in [3.63, 3.8) is 0 Å². The molecule has 0 atom stereocenters. The highest BCUT2D eigenvalue weighted by molar-refractivity contribution is 7.94. The van der Waals surface area contributed by atoms with Crippen molar-refractivity contribution >= 4 is 19.5 Å². The van der Waals surface area contributed by atoms with Gasteiger partial charge >= 0.3 is 0 Å². The molecule has 0 bridgehead atoms. The Kier molecular flexibility index (Phi) is 22.2. The van der Waals surface area contributed by atoms with Crippen LogP contribution in [0.25, 0.3) is 0 Å². The van der Waals surface area contributed by atoms with Crippen LogP contribution in [0.3, 0.4) is 0 Å². The van der Waals surface area contributed by atoms with Crippen LogP contribution >= 0.6 is 7.67 Å². The van der Waals surface area contributed by atoms with E-state index in [4.69, 9.17) is 0 Å². The van der Waals surface area contributed by atoms with Gasteiger partial charge in [0.2, 0.25) is 0 Å². The second-order valence-corrected chi connectivity index (χ2v) is 0.621. The lowest BCUT2D eigenvalue weighted by Gasteiger charge is -1.20. The second-order valence-electron chi connectivity index (χ2n) is 0.0690. The van der Waals surface area contributed by atoms with Crippen LogP contribution in [0, 0.1) is 0 Å². The first-order chi connectivity index (χ1) is 1.41. The van der Waals surface area contributed by atoms with Crippen molar-refractivity contribution in [1.82, 2.24) is 0 Å². The van der Waals surface area contributed by atoms with Gasteiger partial charge in [0.05, 0.1) is 0 Å². The first-order valence-corrected chi connectivity index (χ1v) is 2.15. The minimum absolute atomic E-state index is 0. The molecule has 0 spiro atoms. The number of halogens is 2. The topological polar surface area (TPSA) is 0 Å². The monoisotopic (exact) mass is 102 g/mol. The average molecular weight is 102 g/mol. The fourth-order valence-corrected chi connectivity index (χ4v) is 0. The standard InChI is InChI=1S/FPS.FH/c1-2-3;/h;1H. The van der Waals surface area contributed by atoms with E-state index in [2.05, 4.69) is 11.8 Å².